The van der Waals surface area contributed by atoms with Crippen LogP contribution in [-0.4, -0.2) is 36.1 Å². The fraction of sp³-hybridized carbons (Fsp3) is 0.571. The number of carbonyl (C=O) groups excluding carboxylic acids is 1. The van der Waals surface area contributed by atoms with E-state index in [1.807, 2.05) is 6.92 Å². The lowest BCUT2D eigenvalue weighted by molar-refractivity contribution is -0.132. The molecular formula is C7H13NO2. The lowest BCUT2D eigenvalue weighted by Gasteiger charge is -2.14. The summed E-state index contributed by atoms with van der Waals surface area (Å²) in [6.07, 6.45) is 0. The molecule has 0 aromatic heterocycles. The first kappa shape index (κ1) is 9.17. The molecule has 0 unspecified atom stereocenters. The van der Waals surface area contributed by atoms with Gasteiger partial charge in [-0.05, 0) is 6.92 Å². The molecule has 1 N–H and O–H groups in total. The van der Waals surface area contributed by atoms with Crippen LogP contribution >= 0.6 is 0 Å². The molecular weight excluding hydrogens is 130 g/mol. The van der Waals surface area contributed by atoms with E-state index in [0.29, 0.717) is 6.54 Å². The summed E-state index contributed by atoms with van der Waals surface area (Å²) in [6.45, 7) is 5.56. The average Bonchev–Trinajstić information content (AvgIpc) is 1.85. The van der Waals surface area contributed by atoms with Crippen LogP contribution in [0.2, 0.25) is 0 Å². The Hall–Kier alpha value is -0.830. The highest BCUT2D eigenvalue weighted by atomic mass is 16.3. The van der Waals surface area contributed by atoms with Crippen LogP contribution in [0.1, 0.15) is 6.92 Å². The smallest absolute Gasteiger partial charge is 0.248 e. The fourth-order valence-electron chi connectivity index (χ4n) is 0.614. The van der Waals surface area contributed by atoms with Gasteiger partial charge in [0.05, 0.1) is 0 Å². The van der Waals surface area contributed by atoms with E-state index >= 15 is 0 Å². The number of carbonyl (C=O) groups is 1. The molecule has 3 heteroatoms. The Bertz CT molecular complexity index is 143. The van der Waals surface area contributed by atoms with Crippen LogP contribution in [0.5, 0.6) is 0 Å². The molecule has 58 valence electrons. The Morgan fingerprint density at radius 3 is 2.50 bits per heavy atom. The first-order chi connectivity index (χ1) is 4.57. The number of likely N-dealkylation sites (N-methyl/N-ethyl adjacent to an activating group) is 1. The molecule has 3 nitrogen and oxygen atoms in total. The van der Waals surface area contributed by atoms with Crippen molar-refractivity contribution in [2.45, 2.75) is 6.92 Å². The molecule has 0 atom stereocenters. The summed E-state index contributed by atoms with van der Waals surface area (Å²) < 4.78 is 0. The Morgan fingerprint density at radius 2 is 2.20 bits per heavy atom. The number of hydrogen-bond acceptors (Lipinski definition) is 2. The summed E-state index contributed by atoms with van der Waals surface area (Å²) >= 11 is 0. The van der Waals surface area contributed by atoms with Gasteiger partial charge in [-0.3, -0.25) is 4.79 Å². The van der Waals surface area contributed by atoms with Gasteiger partial charge in [-0.15, -0.1) is 0 Å². The molecule has 0 aromatic rings. The lowest BCUT2D eigenvalue weighted by atomic mass is 10.3. The minimum Gasteiger partial charge on any atom is -0.387 e. The van der Waals surface area contributed by atoms with Gasteiger partial charge in [0.1, 0.15) is 6.61 Å². The zero-order valence-corrected chi connectivity index (χ0v) is 6.42. The van der Waals surface area contributed by atoms with Crippen LogP contribution in [0, 0.1) is 0 Å². The second kappa shape index (κ2) is 4.06. The molecule has 0 rings (SSSR count). The van der Waals surface area contributed by atoms with Crippen molar-refractivity contribution in [3.63, 3.8) is 0 Å². The molecule has 0 heterocycles. The van der Waals surface area contributed by atoms with Crippen molar-refractivity contribution in [1.29, 1.82) is 0 Å². The number of aliphatic hydroxyl groups is 1. The Labute approximate surface area is 61.0 Å². The van der Waals surface area contributed by atoms with Crippen LogP contribution in [0.4, 0.5) is 0 Å². The molecule has 0 saturated carbocycles. The van der Waals surface area contributed by atoms with Crippen molar-refractivity contribution in [3.05, 3.63) is 12.2 Å². The van der Waals surface area contributed by atoms with Crippen molar-refractivity contribution in [2.75, 3.05) is 20.2 Å². The summed E-state index contributed by atoms with van der Waals surface area (Å²) in [5, 5.41) is 8.40. The first-order valence-corrected chi connectivity index (χ1v) is 3.07. The summed E-state index contributed by atoms with van der Waals surface area (Å²) in [7, 11) is 1.63. The van der Waals surface area contributed by atoms with E-state index in [1.54, 1.807) is 7.05 Å². The van der Waals surface area contributed by atoms with Crippen LogP contribution in [-0.2, 0) is 4.79 Å². The van der Waals surface area contributed by atoms with E-state index in [4.69, 9.17) is 5.11 Å². The van der Waals surface area contributed by atoms with Gasteiger partial charge in [-0.1, -0.05) is 12.2 Å². The van der Waals surface area contributed by atoms with Crippen LogP contribution in [0.15, 0.2) is 12.2 Å². The van der Waals surface area contributed by atoms with Crippen molar-refractivity contribution in [2.24, 2.45) is 0 Å². The summed E-state index contributed by atoms with van der Waals surface area (Å²) in [5.74, 6) is -0.275. The molecule has 0 spiro atoms. The van der Waals surface area contributed by atoms with E-state index in [0.717, 1.165) is 5.57 Å². The van der Waals surface area contributed by atoms with E-state index < -0.39 is 6.61 Å². The molecule has 10 heavy (non-hydrogen) atoms. The monoisotopic (exact) mass is 143 g/mol. The molecule has 0 bridgehead atoms. The van der Waals surface area contributed by atoms with Gasteiger partial charge < -0.3 is 10.0 Å². The largest absolute Gasteiger partial charge is 0.387 e. The van der Waals surface area contributed by atoms with Gasteiger partial charge >= 0.3 is 0 Å². The van der Waals surface area contributed by atoms with Gasteiger partial charge in [0.25, 0.3) is 0 Å². The van der Waals surface area contributed by atoms with Gasteiger partial charge in [0, 0.05) is 13.6 Å². The standard InChI is InChI=1S/C7H13NO2/c1-6(2)4-8(3)7(10)5-9/h9H,1,4-5H2,2-3H3. The van der Waals surface area contributed by atoms with Gasteiger partial charge in [-0.2, -0.15) is 0 Å². The number of nitrogens with zero attached hydrogens (tertiary/aromatic N) is 1. The minimum absolute atomic E-state index is 0.275. The third kappa shape index (κ3) is 3.25. The molecule has 0 aliphatic rings. The maximum atomic E-state index is 10.7. The quantitative estimate of drug-likeness (QED) is 0.565. The van der Waals surface area contributed by atoms with Crippen LogP contribution in [0.25, 0.3) is 0 Å². The third-order valence-electron chi connectivity index (χ3n) is 1.07. The first-order valence-electron chi connectivity index (χ1n) is 3.07. The van der Waals surface area contributed by atoms with Crippen molar-refractivity contribution < 1.29 is 9.90 Å². The predicted molar refractivity (Wildman–Crippen MR) is 39.5 cm³/mol. The molecule has 0 aliphatic heterocycles. The normalized spacial score (nSPS) is 9.10. The van der Waals surface area contributed by atoms with E-state index in [1.165, 1.54) is 4.90 Å². The highest BCUT2D eigenvalue weighted by Gasteiger charge is 2.04. The average molecular weight is 143 g/mol. The van der Waals surface area contributed by atoms with E-state index in [9.17, 15) is 4.79 Å². The van der Waals surface area contributed by atoms with Crippen molar-refractivity contribution >= 4 is 5.91 Å². The summed E-state index contributed by atoms with van der Waals surface area (Å²) in [4.78, 5) is 12.1. The summed E-state index contributed by atoms with van der Waals surface area (Å²) in [5.41, 5.74) is 0.907. The summed E-state index contributed by atoms with van der Waals surface area (Å²) in [6, 6.07) is 0. The van der Waals surface area contributed by atoms with Crippen LogP contribution in [0.3, 0.4) is 0 Å². The Balaban J connectivity index is 3.72. The maximum absolute atomic E-state index is 10.7. The topological polar surface area (TPSA) is 40.5 Å². The SMILES string of the molecule is C=C(C)CN(C)C(=O)CO. The second-order valence-corrected chi connectivity index (χ2v) is 2.37. The van der Waals surface area contributed by atoms with Crippen molar-refractivity contribution in [3.8, 4) is 0 Å². The fourth-order valence-corrected chi connectivity index (χ4v) is 0.614. The molecule has 0 radical (unpaired) electrons. The maximum Gasteiger partial charge on any atom is 0.248 e. The zero-order chi connectivity index (χ0) is 8.15. The highest BCUT2D eigenvalue weighted by Crippen LogP contribution is 1.91. The number of rotatable bonds is 3. The lowest BCUT2D eigenvalue weighted by Crippen LogP contribution is -2.30. The van der Waals surface area contributed by atoms with Crippen LogP contribution < -0.4 is 0 Å². The Kier molecular flexibility index (Phi) is 3.72. The van der Waals surface area contributed by atoms with Gasteiger partial charge in [0.2, 0.25) is 5.91 Å². The van der Waals surface area contributed by atoms with E-state index in [-0.39, 0.29) is 5.91 Å². The number of hydrogen-bond donors (Lipinski definition) is 1. The number of aliphatic hydroxyl groups excluding tert-OH is 1. The van der Waals surface area contributed by atoms with Crippen molar-refractivity contribution in [1.82, 2.24) is 4.90 Å². The second-order valence-electron chi connectivity index (χ2n) is 2.37. The molecule has 0 aliphatic carbocycles. The molecule has 1 amide bonds. The highest BCUT2D eigenvalue weighted by molar-refractivity contribution is 5.77. The molecule has 0 saturated heterocycles. The van der Waals surface area contributed by atoms with Gasteiger partial charge in [0.15, 0.2) is 0 Å². The predicted octanol–water partition coefficient (Wildman–Crippen LogP) is 0.0132. The molecule has 0 fully saturated rings. The zero-order valence-electron chi connectivity index (χ0n) is 6.42. The van der Waals surface area contributed by atoms with Gasteiger partial charge in [-0.25, -0.2) is 0 Å². The minimum atomic E-state index is -0.427. The third-order valence-corrected chi connectivity index (χ3v) is 1.07. The Morgan fingerprint density at radius 1 is 1.70 bits per heavy atom. The molecule has 0 aromatic carbocycles. The number of amides is 1. The van der Waals surface area contributed by atoms with E-state index in [2.05, 4.69) is 6.58 Å².